The largest absolute Gasteiger partial charge is 0.496 e. The molecule has 1 atom stereocenters. The second-order valence-corrected chi connectivity index (χ2v) is 6.92. The van der Waals surface area contributed by atoms with Crippen LogP contribution in [-0.2, 0) is 11.3 Å². The highest BCUT2D eigenvalue weighted by Gasteiger charge is 2.24. The summed E-state index contributed by atoms with van der Waals surface area (Å²) in [5, 5.41) is 6.59. The van der Waals surface area contributed by atoms with Crippen LogP contribution in [0.5, 0.6) is 17.2 Å². The smallest absolute Gasteiger partial charge is 0.191 e. The van der Waals surface area contributed by atoms with Gasteiger partial charge in [-0.1, -0.05) is 20.8 Å². The third kappa shape index (κ3) is 5.98. The van der Waals surface area contributed by atoms with Gasteiger partial charge in [0.25, 0.3) is 0 Å². The van der Waals surface area contributed by atoms with Crippen molar-refractivity contribution in [1.29, 1.82) is 0 Å². The zero-order valence-electron chi connectivity index (χ0n) is 17.2. The van der Waals surface area contributed by atoms with E-state index in [0.717, 1.165) is 11.3 Å². The van der Waals surface area contributed by atoms with Crippen molar-refractivity contribution in [2.24, 2.45) is 10.4 Å². The normalized spacial score (nSPS) is 13.2. The first-order valence-electron chi connectivity index (χ1n) is 8.56. The van der Waals surface area contributed by atoms with Crippen LogP contribution in [0.3, 0.4) is 0 Å². The van der Waals surface area contributed by atoms with Gasteiger partial charge in [-0.25, -0.2) is 0 Å². The van der Waals surface area contributed by atoms with Crippen LogP contribution < -0.4 is 24.8 Å². The summed E-state index contributed by atoms with van der Waals surface area (Å²) < 4.78 is 21.7. The molecule has 0 fully saturated rings. The van der Waals surface area contributed by atoms with Crippen LogP contribution in [0.4, 0.5) is 0 Å². The molecule has 0 heterocycles. The van der Waals surface area contributed by atoms with E-state index in [4.69, 9.17) is 18.9 Å². The van der Waals surface area contributed by atoms with Gasteiger partial charge in [-0.05, 0) is 11.5 Å². The molecule has 0 aliphatic heterocycles. The van der Waals surface area contributed by atoms with Crippen molar-refractivity contribution in [3.05, 3.63) is 17.7 Å². The second kappa shape index (κ2) is 10.1. The van der Waals surface area contributed by atoms with Gasteiger partial charge < -0.3 is 29.6 Å². The van der Waals surface area contributed by atoms with Crippen molar-refractivity contribution in [3.63, 3.8) is 0 Å². The Morgan fingerprint density at radius 2 is 1.54 bits per heavy atom. The molecule has 0 amide bonds. The lowest BCUT2D eigenvalue weighted by Gasteiger charge is -2.30. The van der Waals surface area contributed by atoms with Crippen LogP contribution >= 0.6 is 0 Å². The van der Waals surface area contributed by atoms with E-state index in [1.54, 1.807) is 35.5 Å². The zero-order chi connectivity index (χ0) is 19.7. The van der Waals surface area contributed by atoms with E-state index in [0.29, 0.717) is 30.5 Å². The maximum absolute atomic E-state index is 5.57. The van der Waals surface area contributed by atoms with Gasteiger partial charge in [0.05, 0.1) is 27.4 Å². The Morgan fingerprint density at radius 3 is 2.00 bits per heavy atom. The number of hydrogen-bond acceptors (Lipinski definition) is 5. The van der Waals surface area contributed by atoms with Crippen molar-refractivity contribution in [2.75, 3.05) is 42.0 Å². The van der Waals surface area contributed by atoms with E-state index < -0.39 is 0 Å². The van der Waals surface area contributed by atoms with Gasteiger partial charge in [0.2, 0.25) is 0 Å². The number of methoxy groups -OCH3 is 4. The monoisotopic (exact) mass is 367 g/mol. The number of nitrogens with one attached hydrogen (secondary N) is 2. The van der Waals surface area contributed by atoms with Crippen molar-refractivity contribution in [2.45, 2.75) is 33.4 Å². The predicted molar refractivity (Wildman–Crippen MR) is 105 cm³/mol. The molecule has 0 spiro atoms. The molecule has 0 aromatic heterocycles. The molecule has 2 N–H and O–H groups in total. The molecule has 0 aliphatic rings. The van der Waals surface area contributed by atoms with Gasteiger partial charge in [0, 0.05) is 38.9 Å². The topological polar surface area (TPSA) is 73.3 Å². The highest BCUT2D eigenvalue weighted by atomic mass is 16.5. The molecule has 148 valence electrons. The van der Waals surface area contributed by atoms with Crippen LogP contribution in [0.25, 0.3) is 0 Å². The number of hydrogen-bond donors (Lipinski definition) is 2. The minimum Gasteiger partial charge on any atom is -0.496 e. The first-order valence-corrected chi connectivity index (χ1v) is 8.56. The fourth-order valence-electron chi connectivity index (χ4n) is 2.56. The first kappa shape index (κ1) is 21.9. The van der Waals surface area contributed by atoms with Crippen LogP contribution in [0.2, 0.25) is 0 Å². The van der Waals surface area contributed by atoms with E-state index in [1.165, 1.54) is 0 Å². The Morgan fingerprint density at radius 1 is 0.962 bits per heavy atom. The number of benzene rings is 1. The average Bonchev–Trinajstić information content (AvgIpc) is 2.62. The van der Waals surface area contributed by atoms with E-state index >= 15 is 0 Å². The third-order valence-corrected chi connectivity index (χ3v) is 4.16. The summed E-state index contributed by atoms with van der Waals surface area (Å²) in [6.45, 7) is 7.62. The maximum Gasteiger partial charge on any atom is 0.191 e. The fraction of sp³-hybridized carbons (Fsp3) is 0.632. The minimum atomic E-state index is 0.0349. The molecule has 26 heavy (non-hydrogen) atoms. The molecule has 0 saturated carbocycles. The zero-order valence-corrected chi connectivity index (χ0v) is 17.2. The highest BCUT2D eigenvalue weighted by Crippen LogP contribution is 2.34. The van der Waals surface area contributed by atoms with Crippen molar-refractivity contribution >= 4 is 5.96 Å². The van der Waals surface area contributed by atoms with E-state index in [9.17, 15) is 0 Å². The van der Waals surface area contributed by atoms with Crippen LogP contribution in [0.15, 0.2) is 17.1 Å². The van der Waals surface area contributed by atoms with Crippen LogP contribution in [0.1, 0.15) is 26.3 Å². The SMILES string of the molecule is CN=C(NCc1cc(OC)c(OC)cc1OC)NCC(OC)C(C)(C)C. The molecule has 1 unspecified atom stereocenters. The Bertz CT molecular complexity index is 597. The summed E-state index contributed by atoms with van der Waals surface area (Å²) in [7, 11) is 8.30. The standard InChI is InChI=1S/C19H33N3O4/c1-19(2,3)17(26-8)12-22-18(20-4)21-11-13-9-15(24-6)16(25-7)10-14(13)23-5/h9-10,17H,11-12H2,1-8H3,(H2,20,21,22). The van der Waals surface area contributed by atoms with E-state index in [1.807, 2.05) is 12.1 Å². The Balaban J connectivity index is 2.80. The fourth-order valence-corrected chi connectivity index (χ4v) is 2.56. The number of rotatable bonds is 8. The third-order valence-electron chi connectivity index (χ3n) is 4.16. The Hall–Kier alpha value is -2.15. The summed E-state index contributed by atoms with van der Waals surface area (Å²) in [6, 6.07) is 3.71. The summed E-state index contributed by atoms with van der Waals surface area (Å²) in [5.74, 6) is 2.69. The molecule has 7 nitrogen and oxygen atoms in total. The quantitative estimate of drug-likeness (QED) is 0.543. The van der Waals surface area contributed by atoms with Crippen LogP contribution in [-0.4, -0.2) is 54.1 Å². The molecule has 1 aromatic carbocycles. The van der Waals surface area contributed by atoms with Gasteiger partial charge in [-0.3, -0.25) is 4.99 Å². The molecule has 0 aliphatic carbocycles. The lowest BCUT2D eigenvalue weighted by Crippen LogP contribution is -2.45. The maximum atomic E-state index is 5.57. The van der Waals surface area contributed by atoms with Gasteiger partial charge in [0.1, 0.15) is 5.75 Å². The number of guanidine groups is 1. The summed E-state index contributed by atoms with van der Waals surface area (Å²) in [6.07, 6.45) is 0.0664. The molecule has 0 radical (unpaired) electrons. The average molecular weight is 367 g/mol. The van der Waals surface area contributed by atoms with Gasteiger partial charge in [-0.2, -0.15) is 0 Å². The summed E-state index contributed by atoms with van der Waals surface area (Å²) >= 11 is 0. The lowest BCUT2D eigenvalue weighted by atomic mass is 9.89. The summed E-state index contributed by atoms with van der Waals surface area (Å²) in [4.78, 5) is 4.27. The summed E-state index contributed by atoms with van der Waals surface area (Å²) in [5.41, 5.74) is 0.972. The van der Waals surface area contributed by atoms with E-state index in [-0.39, 0.29) is 11.5 Å². The Labute approximate surface area is 157 Å². The predicted octanol–water partition coefficient (Wildman–Crippen LogP) is 2.44. The van der Waals surface area contributed by atoms with Crippen molar-refractivity contribution < 1.29 is 18.9 Å². The van der Waals surface area contributed by atoms with Crippen LogP contribution in [0, 0.1) is 5.41 Å². The van der Waals surface area contributed by atoms with Crippen molar-refractivity contribution in [1.82, 2.24) is 10.6 Å². The van der Waals surface area contributed by atoms with Gasteiger partial charge in [-0.15, -0.1) is 0 Å². The molecular weight excluding hydrogens is 334 g/mol. The lowest BCUT2D eigenvalue weighted by molar-refractivity contribution is 0.0205. The minimum absolute atomic E-state index is 0.0349. The van der Waals surface area contributed by atoms with E-state index in [2.05, 4.69) is 36.4 Å². The van der Waals surface area contributed by atoms with Gasteiger partial charge >= 0.3 is 0 Å². The van der Waals surface area contributed by atoms with Crippen molar-refractivity contribution in [3.8, 4) is 17.2 Å². The molecule has 0 saturated heterocycles. The number of nitrogens with zero attached hydrogens (tertiary/aromatic N) is 1. The molecular formula is C19H33N3O4. The number of ether oxygens (including phenoxy) is 4. The second-order valence-electron chi connectivity index (χ2n) is 6.92. The molecule has 7 heteroatoms. The molecule has 0 bridgehead atoms. The molecule has 1 rings (SSSR count). The van der Waals surface area contributed by atoms with Gasteiger partial charge in [0.15, 0.2) is 17.5 Å². The highest BCUT2D eigenvalue weighted by molar-refractivity contribution is 5.79. The number of aliphatic imine (C=N–C) groups is 1. The Kier molecular flexibility index (Phi) is 8.51. The molecule has 1 aromatic rings. The first-order chi connectivity index (χ1) is 12.3.